The number of hydrogen-bond donors (Lipinski definition) is 1. The van der Waals surface area contributed by atoms with E-state index in [0.717, 1.165) is 28.6 Å². The van der Waals surface area contributed by atoms with Gasteiger partial charge >= 0.3 is 0 Å². The minimum absolute atomic E-state index is 0.325. The van der Waals surface area contributed by atoms with Gasteiger partial charge in [-0.05, 0) is 46.6 Å². The van der Waals surface area contributed by atoms with E-state index >= 15 is 0 Å². The van der Waals surface area contributed by atoms with Gasteiger partial charge in [0.1, 0.15) is 0 Å². The minimum Gasteiger partial charge on any atom is -0.388 e. The van der Waals surface area contributed by atoms with Gasteiger partial charge in [-0.25, -0.2) is 0 Å². The predicted octanol–water partition coefficient (Wildman–Crippen LogP) is 3.90. The third-order valence-electron chi connectivity index (χ3n) is 1.83. The third-order valence-corrected chi connectivity index (χ3v) is 3.81. The Hall–Kier alpha value is -0.120. The maximum atomic E-state index is 9.76. The first-order chi connectivity index (χ1) is 6.25. The standard InChI is InChI=1S/C10H13BrOS/c1-2-3-4-5-9(12)10-8(11)6-7-13-10/h2,6-7,9,12H,1,3-5H2. The number of rotatable bonds is 5. The zero-order valence-corrected chi connectivity index (χ0v) is 9.77. The number of aliphatic hydroxyl groups is 1. The molecule has 0 aliphatic rings. The summed E-state index contributed by atoms with van der Waals surface area (Å²) < 4.78 is 1.02. The average molecular weight is 261 g/mol. The molecule has 0 aliphatic carbocycles. The molecular weight excluding hydrogens is 248 g/mol. The molecule has 72 valence electrons. The Labute approximate surface area is 91.2 Å². The Balaban J connectivity index is 2.44. The van der Waals surface area contributed by atoms with Crippen LogP contribution in [0.3, 0.4) is 0 Å². The van der Waals surface area contributed by atoms with E-state index < -0.39 is 0 Å². The summed E-state index contributed by atoms with van der Waals surface area (Å²) in [4.78, 5) is 1.03. The van der Waals surface area contributed by atoms with Crippen LogP contribution in [0.15, 0.2) is 28.6 Å². The van der Waals surface area contributed by atoms with Gasteiger partial charge in [0.25, 0.3) is 0 Å². The third kappa shape index (κ3) is 3.25. The summed E-state index contributed by atoms with van der Waals surface area (Å²) in [6, 6.07) is 1.97. The van der Waals surface area contributed by atoms with Crippen molar-refractivity contribution in [2.45, 2.75) is 25.4 Å². The van der Waals surface area contributed by atoms with Crippen molar-refractivity contribution >= 4 is 27.3 Å². The van der Waals surface area contributed by atoms with Crippen molar-refractivity contribution in [1.29, 1.82) is 0 Å². The van der Waals surface area contributed by atoms with Gasteiger partial charge in [-0.3, -0.25) is 0 Å². The molecule has 1 heterocycles. The predicted molar refractivity (Wildman–Crippen MR) is 61.0 cm³/mol. The molecule has 0 aliphatic heterocycles. The lowest BCUT2D eigenvalue weighted by atomic mass is 10.1. The lowest BCUT2D eigenvalue weighted by Gasteiger charge is -2.07. The first-order valence-corrected chi connectivity index (χ1v) is 5.95. The van der Waals surface area contributed by atoms with Gasteiger partial charge in [0.2, 0.25) is 0 Å². The topological polar surface area (TPSA) is 20.2 Å². The number of halogens is 1. The molecule has 0 saturated carbocycles. The van der Waals surface area contributed by atoms with Gasteiger partial charge in [-0.1, -0.05) is 6.08 Å². The molecule has 0 saturated heterocycles. The monoisotopic (exact) mass is 260 g/mol. The summed E-state index contributed by atoms with van der Waals surface area (Å²) in [5.74, 6) is 0. The molecule has 0 bridgehead atoms. The summed E-state index contributed by atoms with van der Waals surface area (Å²) in [6.07, 6.45) is 4.34. The van der Waals surface area contributed by atoms with Gasteiger partial charge in [0, 0.05) is 9.35 Å². The largest absolute Gasteiger partial charge is 0.388 e. The highest BCUT2D eigenvalue weighted by molar-refractivity contribution is 9.10. The van der Waals surface area contributed by atoms with Crippen LogP contribution >= 0.6 is 27.3 Å². The molecule has 1 nitrogen and oxygen atoms in total. The van der Waals surface area contributed by atoms with E-state index in [9.17, 15) is 5.11 Å². The quantitative estimate of drug-likeness (QED) is 0.629. The highest BCUT2D eigenvalue weighted by Gasteiger charge is 2.11. The van der Waals surface area contributed by atoms with Gasteiger partial charge in [-0.2, -0.15) is 0 Å². The van der Waals surface area contributed by atoms with Gasteiger partial charge in [0.05, 0.1) is 6.10 Å². The first-order valence-electron chi connectivity index (χ1n) is 4.27. The van der Waals surface area contributed by atoms with E-state index in [0.29, 0.717) is 0 Å². The summed E-state index contributed by atoms with van der Waals surface area (Å²) >= 11 is 5.00. The van der Waals surface area contributed by atoms with Gasteiger partial charge in [0.15, 0.2) is 0 Å². The Morgan fingerprint density at radius 2 is 2.46 bits per heavy atom. The Bertz CT molecular complexity index is 270. The van der Waals surface area contributed by atoms with E-state index in [1.807, 2.05) is 17.5 Å². The van der Waals surface area contributed by atoms with Crippen molar-refractivity contribution in [3.63, 3.8) is 0 Å². The molecule has 1 aromatic heterocycles. The molecule has 0 fully saturated rings. The maximum absolute atomic E-state index is 9.76. The molecule has 0 spiro atoms. The molecule has 13 heavy (non-hydrogen) atoms. The number of allylic oxidation sites excluding steroid dienone is 1. The molecule has 0 radical (unpaired) electrons. The van der Waals surface area contributed by atoms with Crippen molar-refractivity contribution in [2.24, 2.45) is 0 Å². The van der Waals surface area contributed by atoms with Crippen LogP contribution in [-0.2, 0) is 0 Å². The van der Waals surface area contributed by atoms with Crippen LogP contribution in [0.5, 0.6) is 0 Å². The van der Waals surface area contributed by atoms with Crippen LogP contribution in [0.25, 0.3) is 0 Å². The van der Waals surface area contributed by atoms with Crippen LogP contribution in [0.4, 0.5) is 0 Å². The Kier molecular flexibility index (Phi) is 4.70. The highest BCUT2D eigenvalue weighted by Crippen LogP contribution is 2.31. The lowest BCUT2D eigenvalue weighted by Crippen LogP contribution is -1.94. The van der Waals surface area contributed by atoms with Crippen LogP contribution in [-0.4, -0.2) is 5.11 Å². The van der Waals surface area contributed by atoms with Crippen molar-refractivity contribution in [1.82, 2.24) is 0 Å². The molecule has 1 rings (SSSR count). The smallest absolute Gasteiger partial charge is 0.0893 e. The zero-order chi connectivity index (χ0) is 9.68. The normalized spacial score (nSPS) is 12.8. The zero-order valence-electron chi connectivity index (χ0n) is 7.37. The van der Waals surface area contributed by atoms with Crippen molar-refractivity contribution in [2.75, 3.05) is 0 Å². The molecule has 1 N–H and O–H groups in total. The maximum Gasteiger partial charge on any atom is 0.0893 e. The van der Waals surface area contributed by atoms with Crippen molar-refractivity contribution < 1.29 is 5.11 Å². The lowest BCUT2D eigenvalue weighted by molar-refractivity contribution is 0.168. The molecular formula is C10H13BrOS. The number of unbranched alkanes of at least 4 members (excludes halogenated alkanes) is 1. The number of hydrogen-bond acceptors (Lipinski definition) is 2. The SMILES string of the molecule is C=CCCCC(O)c1sccc1Br. The Morgan fingerprint density at radius 3 is 3.00 bits per heavy atom. The van der Waals surface area contributed by atoms with Gasteiger partial charge in [-0.15, -0.1) is 17.9 Å². The second-order valence-electron chi connectivity index (χ2n) is 2.87. The van der Waals surface area contributed by atoms with Crippen LogP contribution in [0.2, 0.25) is 0 Å². The van der Waals surface area contributed by atoms with Gasteiger partial charge < -0.3 is 5.11 Å². The van der Waals surface area contributed by atoms with E-state index in [1.54, 1.807) is 11.3 Å². The second kappa shape index (κ2) is 5.58. The fraction of sp³-hybridized carbons (Fsp3) is 0.400. The van der Waals surface area contributed by atoms with Crippen molar-refractivity contribution in [3.05, 3.63) is 33.5 Å². The summed E-state index contributed by atoms with van der Waals surface area (Å²) in [5.41, 5.74) is 0. The van der Waals surface area contributed by atoms with E-state index in [4.69, 9.17) is 0 Å². The van der Waals surface area contributed by atoms with E-state index in [2.05, 4.69) is 22.5 Å². The van der Waals surface area contributed by atoms with Crippen LogP contribution < -0.4 is 0 Å². The summed E-state index contributed by atoms with van der Waals surface area (Å²) in [6.45, 7) is 3.65. The molecule has 1 unspecified atom stereocenters. The molecule has 3 heteroatoms. The molecule has 0 aromatic carbocycles. The average Bonchev–Trinajstić information content (AvgIpc) is 2.52. The van der Waals surface area contributed by atoms with E-state index in [-0.39, 0.29) is 6.10 Å². The van der Waals surface area contributed by atoms with Crippen molar-refractivity contribution in [3.8, 4) is 0 Å². The molecule has 1 aromatic rings. The first kappa shape index (κ1) is 11.0. The summed E-state index contributed by atoms with van der Waals surface area (Å²) in [7, 11) is 0. The minimum atomic E-state index is -0.325. The summed E-state index contributed by atoms with van der Waals surface area (Å²) in [5, 5.41) is 11.7. The fourth-order valence-corrected chi connectivity index (χ4v) is 2.79. The second-order valence-corrected chi connectivity index (χ2v) is 4.67. The Morgan fingerprint density at radius 1 is 1.69 bits per heavy atom. The highest BCUT2D eigenvalue weighted by atomic mass is 79.9. The van der Waals surface area contributed by atoms with Crippen LogP contribution in [0.1, 0.15) is 30.2 Å². The van der Waals surface area contributed by atoms with Crippen LogP contribution in [0, 0.1) is 0 Å². The fourth-order valence-electron chi connectivity index (χ4n) is 1.13. The number of thiophene rings is 1. The molecule has 0 amide bonds. The number of aliphatic hydroxyl groups excluding tert-OH is 1. The van der Waals surface area contributed by atoms with E-state index in [1.165, 1.54) is 0 Å². The molecule has 1 atom stereocenters.